The van der Waals surface area contributed by atoms with Gasteiger partial charge in [-0.3, -0.25) is 4.99 Å². The SMILES string of the molecule is CN=C(NCC(C)(C)CN(C)C)N1CC2CCCCC2C1.I. The molecule has 22 heavy (non-hydrogen) atoms. The molecule has 5 heteroatoms. The Hall–Kier alpha value is -0.0400. The Balaban J connectivity index is 0.00000242. The molecule has 0 aromatic rings. The lowest BCUT2D eigenvalue weighted by Crippen LogP contribution is -2.46. The van der Waals surface area contributed by atoms with E-state index in [1.54, 1.807) is 0 Å². The lowest BCUT2D eigenvalue weighted by molar-refractivity contribution is 0.239. The predicted octanol–water partition coefficient (Wildman–Crippen LogP) is 2.89. The van der Waals surface area contributed by atoms with E-state index in [2.05, 4.69) is 48.1 Å². The van der Waals surface area contributed by atoms with E-state index in [4.69, 9.17) is 0 Å². The molecule has 2 rings (SSSR count). The quantitative estimate of drug-likeness (QED) is 0.430. The molecular weight excluding hydrogens is 387 g/mol. The third-order valence-corrected chi connectivity index (χ3v) is 4.96. The molecule has 2 aliphatic rings. The Morgan fingerprint density at radius 1 is 1.18 bits per heavy atom. The number of hydrogen-bond donors (Lipinski definition) is 1. The first kappa shape index (κ1) is 20.0. The van der Waals surface area contributed by atoms with Gasteiger partial charge in [-0.05, 0) is 44.2 Å². The Morgan fingerprint density at radius 3 is 2.18 bits per heavy atom. The van der Waals surface area contributed by atoms with Crippen molar-refractivity contribution >= 4 is 29.9 Å². The molecule has 2 unspecified atom stereocenters. The van der Waals surface area contributed by atoms with Crippen LogP contribution in [0.2, 0.25) is 0 Å². The summed E-state index contributed by atoms with van der Waals surface area (Å²) >= 11 is 0. The Labute approximate surface area is 154 Å². The number of guanidine groups is 1. The fourth-order valence-corrected chi connectivity index (χ4v) is 4.14. The minimum Gasteiger partial charge on any atom is -0.356 e. The highest BCUT2D eigenvalue weighted by Crippen LogP contribution is 2.35. The second kappa shape index (κ2) is 8.71. The van der Waals surface area contributed by atoms with Gasteiger partial charge in [-0.1, -0.05) is 26.7 Å². The van der Waals surface area contributed by atoms with Crippen LogP contribution in [0.4, 0.5) is 0 Å². The molecule has 0 bridgehead atoms. The average Bonchev–Trinajstić information content (AvgIpc) is 2.81. The Kier molecular flexibility index (Phi) is 7.92. The summed E-state index contributed by atoms with van der Waals surface area (Å²) in [5, 5.41) is 3.62. The zero-order valence-corrected chi connectivity index (χ0v) is 17.4. The van der Waals surface area contributed by atoms with E-state index in [-0.39, 0.29) is 29.4 Å². The van der Waals surface area contributed by atoms with E-state index in [0.29, 0.717) is 0 Å². The van der Waals surface area contributed by atoms with Crippen molar-refractivity contribution in [3.8, 4) is 0 Å². The molecule has 0 spiro atoms. The molecule has 0 radical (unpaired) electrons. The maximum atomic E-state index is 4.53. The summed E-state index contributed by atoms with van der Waals surface area (Å²) < 4.78 is 0. The molecule has 4 nitrogen and oxygen atoms in total. The summed E-state index contributed by atoms with van der Waals surface area (Å²) in [7, 11) is 6.20. The van der Waals surface area contributed by atoms with Crippen molar-refractivity contribution in [1.82, 2.24) is 15.1 Å². The van der Waals surface area contributed by atoms with Crippen LogP contribution in [0, 0.1) is 17.3 Å². The van der Waals surface area contributed by atoms with E-state index in [1.807, 2.05) is 7.05 Å². The molecule has 2 fully saturated rings. The molecule has 1 heterocycles. The second-order valence-corrected chi connectivity index (χ2v) is 8.01. The third-order valence-electron chi connectivity index (χ3n) is 4.96. The highest BCUT2D eigenvalue weighted by molar-refractivity contribution is 14.0. The highest BCUT2D eigenvalue weighted by Gasteiger charge is 2.35. The van der Waals surface area contributed by atoms with E-state index >= 15 is 0 Å². The van der Waals surface area contributed by atoms with Crippen LogP contribution in [-0.4, -0.2) is 63.1 Å². The van der Waals surface area contributed by atoms with E-state index < -0.39 is 0 Å². The van der Waals surface area contributed by atoms with Gasteiger partial charge in [0, 0.05) is 33.2 Å². The van der Waals surface area contributed by atoms with E-state index in [0.717, 1.165) is 30.9 Å². The molecule has 2 atom stereocenters. The van der Waals surface area contributed by atoms with Crippen molar-refractivity contribution in [3.63, 3.8) is 0 Å². The Morgan fingerprint density at radius 2 is 1.73 bits per heavy atom. The van der Waals surface area contributed by atoms with Crippen LogP contribution < -0.4 is 5.32 Å². The summed E-state index contributed by atoms with van der Waals surface area (Å²) in [6, 6.07) is 0. The van der Waals surface area contributed by atoms with Crippen LogP contribution in [0.5, 0.6) is 0 Å². The van der Waals surface area contributed by atoms with E-state index in [1.165, 1.54) is 38.8 Å². The van der Waals surface area contributed by atoms with Crippen LogP contribution in [0.15, 0.2) is 4.99 Å². The number of aliphatic imine (C=N–C) groups is 1. The van der Waals surface area contributed by atoms with Crippen LogP contribution in [-0.2, 0) is 0 Å². The minimum atomic E-state index is 0. The molecule has 1 saturated heterocycles. The van der Waals surface area contributed by atoms with Gasteiger partial charge in [-0.15, -0.1) is 24.0 Å². The number of nitrogens with zero attached hydrogens (tertiary/aromatic N) is 3. The molecule has 0 amide bonds. The van der Waals surface area contributed by atoms with Crippen molar-refractivity contribution in [2.24, 2.45) is 22.2 Å². The maximum Gasteiger partial charge on any atom is 0.193 e. The van der Waals surface area contributed by atoms with Crippen molar-refractivity contribution in [2.75, 3.05) is 47.3 Å². The summed E-state index contributed by atoms with van der Waals surface area (Å²) in [6.07, 6.45) is 5.70. The Bertz CT molecular complexity index is 354. The first-order valence-electron chi connectivity index (χ1n) is 8.51. The molecule has 0 aromatic carbocycles. The van der Waals surface area contributed by atoms with Crippen molar-refractivity contribution in [3.05, 3.63) is 0 Å². The number of halogens is 1. The largest absolute Gasteiger partial charge is 0.356 e. The fraction of sp³-hybridized carbons (Fsp3) is 0.941. The monoisotopic (exact) mass is 422 g/mol. The van der Waals surface area contributed by atoms with Gasteiger partial charge in [-0.25, -0.2) is 0 Å². The van der Waals surface area contributed by atoms with Crippen LogP contribution in [0.25, 0.3) is 0 Å². The summed E-state index contributed by atoms with van der Waals surface area (Å²) in [4.78, 5) is 9.28. The molecule has 1 saturated carbocycles. The van der Waals surface area contributed by atoms with Crippen molar-refractivity contribution in [1.29, 1.82) is 0 Å². The topological polar surface area (TPSA) is 30.9 Å². The number of hydrogen-bond acceptors (Lipinski definition) is 2. The normalized spacial score (nSPS) is 25.9. The van der Waals surface area contributed by atoms with Crippen LogP contribution in [0.3, 0.4) is 0 Å². The van der Waals surface area contributed by atoms with Gasteiger partial charge in [0.05, 0.1) is 0 Å². The first-order chi connectivity index (χ1) is 9.91. The van der Waals surface area contributed by atoms with E-state index in [9.17, 15) is 0 Å². The summed E-state index contributed by atoms with van der Waals surface area (Å²) in [5.74, 6) is 2.93. The number of likely N-dealkylation sites (tertiary alicyclic amines) is 1. The minimum absolute atomic E-state index is 0. The van der Waals surface area contributed by atoms with Gasteiger partial charge in [0.25, 0.3) is 0 Å². The van der Waals surface area contributed by atoms with Gasteiger partial charge in [-0.2, -0.15) is 0 Å². The molecular formula is C17H35IN4. The van der Waals surface area contributed by atoms with Crippen molar-refractivity contribution in [2.45, 2.75) is 39.5 Å². The summed E-state index contributed by atoms with van der Waals surface area (Å²) in [6.45, 7) is 9.11. The van der Waals surface area contributed by atoms with Crippen molar-refractivity contribution < 1.29 is 0 Å². The van der Waals surface area contributed by atoms with Crippen LogP contribution in [0.1, 0.15) is 39.5 Å². The highest BCUT2D eigenvalue weighted by atomic mass is 127. The number of fused-ring (bicyclic) bond motifs is 1. The zero-order chi connectivity index (χ0) is 15.5. The van der Waals surface area contributed by atoms with Crippen LogP contribution >= 0.6 is 24.0 Å². The number of rotatable bonds is 4. The van der Waals surface area contributed by atoms with Gasteiger partial charge >= 0.3 is 0 Å². The predicted molar refractivity (Wildman–Crippen MR) is 106 cm³/mol. The molecule has 1 aliphatic carbocycles. The standard InChI is InChI=1S/C17H34N4.HI/c1-17(2,13-20(4)5)12-19-16(18-3)21-10-14-8-6-7-9-15(14)11-21;/h14-15H,6-13H2,1-5H3,(H,18,19);1H. The van der Waals surface area contributed by atoms with Gasteiger partial charge in [0.15, 0.2) is 5.96 Å². The molecule has 130 valence electrons. The fourth-order valence-electron chi connectivity index (χ4n) is 4.14. The lowest BCUT2D eigenvalue weighted by Gasteiger charge is -2.31. The second-order valence-electron chi connectivity index (χ2n) is 8.01. The maximum absolute atomic E-state index is 4.53. The molecule has 0 aromatic heterocycles. The zero-order valence-electron chi connectivity index (χ0n) is 15.1. The van der Waals surface area contributed by atoms with Gasteiger partial charge in [0.1, 0.15) is 0 Å². The first-order valence-corrected chi connectivity index (χ1v) is 8.51. The van der Waals surface area contributed by atoms with Gasteiger partial charge in [0.2, 0.25) is 0 Å². The van der Waals surface area contributed by atoms with Gasteiger partial charge < -0.3 is 15.1 Å². The summed E-state index contributed by atoms with van der Waals surface area (Å²) in [5.41, 5.74) is 0.256. The molecule has 1 aliphatic heterocycles. The molecule has 1 N–H and O–H groups in total. The average molecular weight is 422 g/mol. The smallest absolute Gasteiger partial charge is 0.193 e. The lowest BCUT2D eigenvalue weighted by atomic mass is 9.82. The number of nitrogens with one attached hydrogen (secondary N) is 1. The third kappa shape index (κ3) is 5.55.